The molecule has 3 aromatic carbocycles. The van der Waals surface area contributed by atoms with Crippen molar-refractivity contribution in [3.63, 3.8) is 0 Å². The minimum absolute atomic E-state index is 0.527. The zero-order chi connectivity index (χ0) is 15.2. The van der Waals surface area contributed by atoms with E-state index >= 15 is 0 Å². The van der Waals surface area contributed by atoms with E-state index in [4.69, 9.17) is 9.05 Å². The summed E-state index contributed by atoms with van der Waals surface area (Å²) in [4.78, 5) is 0. The smallest absolute Gasteiger partial charge is 0.418 e. The molecule has 0 amide bonds. The van der Waals surface area contributed by atoms with Crippen molar-refractivity contribution in [1.29, 1.82) is 0 Å². The molecule has 4 heteroatoms. The van der Waals surface area contributed by atoms with E-state index < -0.39 is 8.25 Å². The second-order valence-corrected chi connectivity index (χ2v) is 5.57. The van der Waals surface area contributed by atoms with E-state index in [1.165, 1.54) is 0 Å². The van der Waals surface area contributed by atoms with Crippen LogP contribution in [-0.2, 0) is 4.57 Å². The Balaban J connectivity index is 1.65. The number of para-hydroxylation sites is 1. The third kappa shape index (κ3) is 3.78. The van der Waals surface area contributed by atoms with Gasteiger partial charge in [-0.25, -0.2) is 4.57 Å². The summed E-state index contributed by atoms with van der Waals surface area (Å²) in [6.07, 6.45) is 0. The van der Waals surface area contributed by atoms with Gasteiger partial charge in [-0.05, 0) is 35.4 Å². The molecular formula is C18H15O3P. The molecule has 0 aliphatic heterocycles. The normalized spacial score (nSPS) is 11.6. The number of hydrogen-bond acceptors (Lipinski definition) is 3. The summed E-state index contributed by atoms with van der Waals surface area (Å²) in [6.45, 7) is 0. The lowest BCUT2D eigenvalue weighted by molar-refractivity contribution is 0.415. The van der Waals surface area contributed by atoms with Crippen molar-refractivity contribution in [1.82, 2.24) is 0 Å². The number of hydrogen-bond donors (Lipinski definition) is 0. The zero-order valence-corrected chi connectivity index (χ0v) is 12.8. The Bertz CT molecular complexity index is 740. The molecule has 0 radical (unpaired) electrons. The summed E-state index contributed by atoms with van der Waals surface area (Å²) in [6, 6.07) is 26.5. The van der Waals surface area contributed by atoms with Crippen LogP contribution in [0.15, 0.2) is 84.9 Å². The van der Waals surface area contributed by atoms with Gasteiger partial charge < -0.3 is 9.05 Å². The second-order valence-electron chi connectivity index (χ2n) is 4.66. The molecule has 3 nitrogen and oxygen atoms in total. The minimum Gasteiger partial charge on any atom is -0.418 e. The number of rotatable bonds is 5. The minimum atomic E-state index is -2.62. The molecule has 0 spiro atoms. The van der Waals surface area contributed by atoms with Gasteiger partial charge in [0.1, 0.15) is 11.5 Å². The van der Waals surface area contributed by atoms with Crippen LogP contribution in [0.3, 0.4) is 0 Å². The van der Waals surface area contributed by atoms with Crippen molar-refractivity contribution in [2.24, 2.45) is 0 Å². The first kappa shape index (κ1) is 14.4. The Labute approximate surface area is 130 Å². The largest absolute Gasteiger partial charge is 0.418 e. The van der Waals surface area contributed by atoms with Gasteiger partial charge in [0.2, 0.25) is 0 Å². The van der Waals surface area contributed by atoms with Crippen molar-refractivity contribution in [3.8, 4) is 22.6 Å². The van der Waals surface area contributed by atoms with E-state index in [-0.39, 0.29) is 0 Å². The molecule has 0 aliphatic carbocycles. The maximum absolute atomic E-state index is 11.9. The maximum Gasteiger partial charge on any atom is 0.418 e. The highest BCUT2D eigenvalue weighted by Gasteiger charge is 2.04. The summed E-state index contributed by atoms with van der Waals surface area (Å²) in [7, 11) is -2.62. The fourth-order valence-electron chi connectivity index (χ4n) is 2.05. The quantitative estimate of drug-likeness (QED) is 0.607. The van der Waals surface area contributed by atoms with Crippen LogP contribution in [0.2, 0.25) is 0 Å². The fourth-order valence-corrected chi connectivity index (χ4v) is 2.75. The molecule has 0 N–H and O–H groups in total. The predicted molar refractivity (Wildman–Crippen MR) is 88.6 cm³/mol. The first-order valence-electron chi connectivity index (χ1n) is 6.91. The maximum atomic E-state index is 11.9. The van der Waals surface area contributed by atoms with Gasteiger partial charge in [0, 0.05) is 0 Å². The second kappa shape index (κ2) is 6.97. The van der Waals surface area contributed by atoms with Gasteiger partial charge in [0.25, 0.3) is 0 Å². The van der Waals surface area contributed by atoms with E-state index in [0.29, 0.717) is 11.5 Å². The van der Waals surface area contributed by atoms with Gasteiger partial charge in [-0.2, -0.15) is 0 Å². The van der Waals surface area contributed by atoms with E-state index in [2.05, 4.69) is 0 Å². The summed E-state index contributed by atoms with van der Waals surface area (Å²) in [5.74, 6) is 1.06. The average Bonchev–Trinajstić information content (AvgIpc) is 2.57. The molecule has 3 aromatic rings. The van der Waals surface area contributed by atoms with Crippen molar-refractivity contribution < 1.29 is 13.6 Å². The van der Waals surface area contributed by atoms with Gasteiger partial charge in [0.15, 0.2) is 0 Å². The lowest BCUT2D eigenvalue weighted by atomic mass is 10.1. The van der Waals surface area contributed by atoms with Crippen molar-refractivity contribution in [2.45, 2.75) is 0 Å². The molecule has 1 atom stereocenters. The van der Waals surface area contributed by atoms with E-state index in [0.717, 1.165) is 11.1 Å². The van der Waals surface area contributed by atoms with Crippen LogP contribution in [0, 0.1) is 0 Å². The Morgan fingerprint density at radius 1 is 0.545 bits per heavy atom. The lowest BCUT2D eigenvalue weighted by Crippen LogP contribution is -1.88. The van der Waals surface area contributed by atoms with Crippen LogP contribution in [0.4, 0.5) is 0 Å². The highest BCUT2D eigenvalue weighted by Crippen LogP contribution is 2.31. The van der Waals surface area contributed by atoms with Crippen molar-refractivity contribution in [3.05, 3.63) is 84.9 Å². The monoisotopic (exact) mass is 310 g/mol. The van der Waals surface area contributed by atoms with Gasteiger partial charge in [-0.3, -0.25) is 0 Å². The van der Waals surface area contributed by atoms with Crippen molar-refractivity contribution in [2.75, 3.05) is 0 Å². The zero-order valence-electron chi connectivity index (χ0n) is 11.8. The summed E-state index contributed by atoms with van der Waals surface area (Å²) in [5, 5.41) is 0. The SMILES string of the molecule is O=[PH](Oc1ccccc1)Oc1ccc(-c2ccccc2)cc1. The molecule has 0 fully saturated rings. The van der Waals surface area contributed by atoms with Crippen LogP contribution in [0.5, 0.6) is 11.5 Å². The average molecular weight is 310 g/mol. The molecule has 0 saturated carbocycles. The van der Waals surface area contributed by atoms with Crippen LogP contribution in [-0.4, -0.2) is 0 Å². The highest BCUT2D eigenvalue weighted by atomic mass is 31.1. The molecule has 0 aromatic heterocycles. The van der Waals surface area contributed by atoms with Crippen LogP contribution < -0.4 is 9.05 Å². The molecular weight excluding hydrogens is 295 g/mol. The molecule has 3 rings (SSSR count). The van der Waals surface area contributed by atoms with Gasteiger partial charge in [0.05, 0.1) is 0 Å². The molecule has 0 bridgehead atoms. The molecule has 0 heterocycles. The Kier molecular flexibility index (Phi) is 4.57. The molecule has 0 aliphatic rings. The Morgan fingerprint density at radius 2 is 1.00 bits per heavy atom. The third-order valence-electron chi connectivity index (χ3n) is 3.11. The summed E-state index contributed by atoms with van der Waals surface area (Å²) in [5.41, 5.74) is 2.21. The summed E-state index contributed by atoms with van der Waals surface area (Å²) >= 11 is 0. The standard InChI is InChI=1S/C18H15O3P/c19-22(20-17-9-5-2-6-10-17)21-18-13-11-16(12-14-18)15-7-3-1-4-8-15/h1-14,22H. The Hall–Kier alpha value is -2.51. The van der Waals surface area contributed by atoms with Crippen molar-refractivity contribution >= 4 is 8.25 Å². The molecule has 110 valence electrons. The van der Waals surface area contributed by atoms with Gasteiger partial charge in [-0.1, -0.05) is 60.7 Å². The van der Waals surface area contributed by atoms with Gasteiger partial charge in [-0.15, -0.1) is 0 Å². The van der Waals surface area contributed by atoms with Crippen LogP contribution in [0.1, 0.15) is 0 Å². The summed E-state index contributed by atoms with van der Waals surface area (Å²) < 4.78 is 22.5. The van der Waals surface area contributed by atoms with Crippen LogP contribution >= 0.6 is 8.25 Å². The van der Waals surface area contributed by atoms with E-state index in [1.54, 1.807) is 24.3 Å². The predicted octanol–water partition coefficient (Wildman–Crippen LogP) is 5.20. The highest BCUT2D eigenvalue weighted by molar-refractivity contribution is 7.34. The lowest BCUT2D eigenvalue weighted by Gasteiger charge is -2.08. The fraction of sp³-hybridized carbons (Fsp3) is 0. The third-order valence-corrected chi connectivity index (χ3v) is 3.91. The van der Waals surface area contributed by atoms with Crippen LogP contribution in [0.25, 0.3) is 11.1 Å². The first-order chi connectivity index (χ1) is 10.8. The topological polar surface area (TPSA) is 35.5 Å². The number of benzene rings is 3. The molecule has 22 heavy (non-hydrogen) atoms. The van der Waals surface area contributed by atoms with E-state index in [9.17, 15) is 4.57 Å². The molecule has 1 unspecified atom stereocenters. The Morgan fingerprint density at radius 3 is 1.59 bits per heavy atom. The van der Waals surface area contributed by atoms with E-state index in [1.807, 2.05) is 60.7 Å². The molecule has 0 saturated heterocycles. The van der Waals surface area contributed by atoms with Gasteiger partial charge >= 0.3 is 8.25 Å². The first-order valence-corrected chi connectivity index (χ1v) is 8.14.